The minimum atomic E-state index is 0.584. The van der Waals surface area contributed by atoms with Crippen LogP contribution in [0.4, 0.5) is 0 Å². The summed E-state index contributed by atoms with van der Waals surface area (Å²) in [4.78, 5) is 5.13. The fourth-order valence-corrected chi connectivity index (χ4v) is 2.52. The predicted octanol–water partition coefficient (Wildman–Crippen LogP) is 1.64. The van der Waals surface area contributed by atoms with E-state index >= 15 is 0 Å². The van der Waals surface area contributed by atoms with Crippen molar-refractivity contribution in [3.8, 4) is 0 Å². The highest BCUT2D eigenvalue weighted by molar-refractivity contribution is 4.85. The predicted molar refractivity (Wildman–Crippen MR) is 75.4 cm³/mol. The molecular weight excluding hydrogens is 210 g/mol. The first kappa shape index (κ1) is 14.9. The van der Waals surface area contributed by atoms with Crippen LogP contribution in [-0.2, 0) is 0 Å². The lowest BCUT2D eigenvalue weighted by Crippen LogP contribution is -2.57. The minimum Gasteiger partial charge on any atom is -0.313 e. The van der Waals surface area contributed by atoms with Gasteiger partial charge in [-0.25, -0.2) is 0 Å². The first-order valence-electron chi connectivity index (χ1n) is 7.09. The van der Waals surface area contributed by atoms with Gasteiger partial charge < -0.3 is 10.2 Å². The molecule has 0 amide bonds. The van der Waals surface area contributed by atoms with Crippen LogP contribution in [0.5, 0.6) is 0 Å². The van der Waals surface area contributed by atoms with Crippen LogP contribution in [0.15, 0.2) is 0 Å². The van der Waals surface area contributed by atoms with Gasteiger partial charge in [0.15, 0.2) is 0 Å². The normalized spacial score (nSPS) is 25.8. The maximum absolute atomic E-state index is 3.59. The lowest BCUT2D eigenvalue weighted by atomic mass is 10.00. The van der Waals surface area contributed by atoms with Crippen LogP contribution < -0.4 is 5.32 Å². The standard InChI is InChI=1S/C14H31N3/c1-11(2)14(9-15-12(3)4)17-8-7-16(6)13(5)10-17/h11-15H,7-10H2,1-6H3. The quantitative estimate of drug-likeness (QED) is 0.789. The molecule has 0 aromatic heterocycles. The molecule has 0 aliphatic carbocycles. The highest BCUT2D eigenvalue weighted by Crippen LogP contribution is 2.16. The number of rotatable bonds is 5. The third-order valence-corrected chi connectivity index (χ3v) is 3.96. The number of hydrogen-bond donors (Lipinski definition) is 1. The van der Waals surface area contributed by atoms with E-state index in [2.05, 4.69) is 56.8 Å². The molecule has 1 rings (SSSR count). The van der Waals surface area contributed by atoms with Crippen LogP contribution >= 0.6 is 0 Å². The molecule has 1 aliphatic rings. The van der Waals surface area contributed by atoms with Gasteiger partial charge >= 0.3 is 0 Å². The van der Waals surface area contributed by atoms with Crippen molar-refractivity contribution in [2.24, 2.45) is 5.92 Å². The molecular formula is C14H31N3. The maximum Gasteiger partial charge on any atom is 0.0244 e. The first-order chi connectivity index (χ1) is 7.91. The van der Waals surface area contributed by atoms with Gasteiger partial charge in [0.05, 0.1) is 0 Å². The summed E-state index contributed by atoms with van der Waals surface area (Å²) in [5.74, 6) is 0.719. The van der Waals surface area contributed by atoms with Crippen molar-refractivity contribution in [2.45, 2.75) is 52.7 Å². The van der Waals surface area contributed by atoms with Crippen molar-refractivity contribution in [2.75, 3.05) is 33.2 Å². The van der Waals surface area contributed by atoms with Gasteiger partial charge in [-0.15, -0.1) is 0 Å². The van der Waals surface area contributed by atoms with Gasteiger partial charge in [-0.05, 0) is 19.9 Å². The van der Waals surface area contributed by atoms with E-state index in [4.69, 9.17) is 0 Å². The van der Waals surface area contributed by atoms with Gasteiger partial charge in [-0.1, -0.05) is 27.7 Å². The van der Waals surface area contributed by atoms with E-state index in [1.807, 2.05) is 0 Å². The number of nitrogens with one attached hydrogen (secondary N) is 1. The average Bonchev–Trinajstić information content (AvgIpc) is 2.22. The number of hydrogen-bond acceptors (Lipinski definition) is 3. The summed E-state index contributed by atoms with van der Waals surface area (Å²) in [7, 11) is 2.23. The van der Waals surface area contributed by atoms with Crippen LogP contribution in [0.1, 0.15) is 34.6 Å². The third-order valence-electron chi connectivity index (χ3n) is 3.96. The molecule has 1 N–H and O–H groups in total. The smallest absolute Gasteiger partial charge is 0.0244 e. The summed E-state index contributed by atoms with van der Waals surface area (Å²) in [6.07, 6.45) is 0. The molecule has 102 valence electrons. The Hall–Kier alpha value is -0.120. The topological polar surface area (TPSA) is 18.5 Å². The fraction of sp³-hybridized carbons (Fsp3) is 1.00. The molecule has 1 aliphatic heterocycles. The van der Waals surface area contributed by atoms with E-state index in [-0.39, 0.29) is 0 Å². The van der Waals surface area contributed by atoms with Gasteiger partial charge in [-0.2, -0.15) is 0 Å². The Morgan fingerprint density at radius 2 is 1.82 bits per heavy atom. The molecule has 1 saturated heterocycles. The molecule has 17 heavy (non-hydrogen) atoms. The van der Waals surface area contributed by atoms with Gasteiger partial charge in [0, 0.05) is 44.3 Å². The van der Waals surface area contributed by atoms with Crippen molar-refractivity contribution >= 4 is 0 Å². The molecule has 0 aromatic rings. The molecule has 3 heteroatoms. The molecule has 2 atom stereocenters. The summed E-state index contributed by atoms with van der Waals surface area (Å²) in [5, 5.41) is 3.59. The van der Waals surface area contributed by atoms with Crippen LogP contribution in [0, 0.1) is 5.92 Å². The van der Waals surface area contributed by atoms with Crippen molar-refractivity contribution in [1.29, 1.82) is 0 Å². The van der Waals surface area contributed by atoms with Gasteiger partial charge in [-0.3, -0.25) is 4.90 Å². The Morgan fingerprint density at radius 1 is 1.18 bits per heavy atom. The molecule has 0 saturated carbocycles. The van der Waals surface area contributed by atoms with Crippen LogP contribution in [0.3, 0.4) is 0 Å². The molecule has 0 aromatic carbocycles. The average molecular weight is 241 g/mol. The molecule has 1 fully saturated rings. The number of nitrogens with zero attached hydrogens (tertiary/aromatic N) is 2. The summed E-state index contributed by atoms with van der Waals surface area (Å²) in [6.45, 7) is 16.2. The summed E-state index contributed by atoms with van der Waals surface area (Å²) < 4.78 is 0. The Kier molecular flexibility index (Phi) is 5.90. The highest BCUT2D eigenvalue weighted by atomic mass is 15.3. The van der Waals surface area contributed by atoms with Gasteiger partial charge in [0.25, 0.3) is 0 Å². The van der Waals surface area contributed by atoms with Crippen LogP contribution in [-0.4, -0.2) is 61.2 Å². The number of piperazine rings is 1. The van der Waals surface area contributed by atoms with E-state index in [1.54, 1.807) is 0 Å². The van der Waals surface area contributed by atoms with Crippen molar-refractivity contribution in [3.63, 3.8) is 0 Å². The molecule has 0 bridgehead atoms. The van der Waals surface area contributed by atoms with Crippen molar-refractivity contribution in [3.05, 3.63) is 0 Å². The fourth-order valence-electron chi connectivity index (χ4n) is 2.52. The second-order valence-electron chi connectivity index (χ2n) is 6.20. The second-order valence-corrected chi connectivity index (χ2v) is 6.20. The van der Waals surface area contributed by atoms with Crippen molar-refractivity contribution < 1.29 is 0 Å². The van der Waals surface area contributed by atoms with E-state index < -0.39 is 0 Å². The Bertz CT molecular complexity index is 216. The van der Waals surface area contributed by atoms with E-state index in [1.165, 1.54) is 19.6 Å². The zero-order valence-electron chi connectivity index (χ0n) is 12.5. The summed E-state index contributed by atoms with van der Waals surface area (Å²) in [6, 6.07) is 1.94. The summed E-state index contributed by atoms with van der Waals surface area (Å²) >= 11 is 0. The molecule has 0 spiro atoms. The third kappa shape index (κ3) is 4.57. The zero-order chi connectivity index (χ0) is 13.0. The molecule has 3 nitrogen and oxygen atoms in total. The number of likely N-dealkylation sites (N-methyl/N-ethyl adjacent to an activating group) is 1. The second kappa shape index (κ2) is 6.72. The lowest BCUT2D eigenvalue weighted by molar-refractivity contribution is 0.0539. The van der Waals surface area contributed by atoms with Gasteiger partial charge in [0.1, 0.15) is 0 Å². The highest BCUT2D eigenvalue weighted by Gasteiger charge is 2.28. The maximum atomic E-state index is 3.59. The van der Waals surface area contributed by atoms with E-state index in [0.717, 1.165) is 12.5 Å². The summed E-state index contributed by atoms with van der Waals surface area (Å²) in [5.41, 5.74) is 0. The van der Waals surface area contributed by atoms with Crippen molar-refractivity contribution in [1.82, 2.24) is 15.1 Å². The Balaban J connectivity index is 2.52. The van der Waals surface area contributed by atoms with Crippen LogP contribution in [0.25, 0.3) is 0 Å². The minimum absolute atomic E-state index is 0.584. The van der Waals surface area contributed by atoms with Gasteiger partial charge in [0.2, 0.25) is 0 Å². The largest absolute Gasteiger partial charge is 0.313 e. The Labute approximate surface area is 108 Å². The molecule has 0 radical (unpaired) electrons. The first-order valence-corrected chi connectivity index (χ1v) is 7.09. The zero-order valence-corrected chi connectivity index (χ0v) is 12.5. The molecule has 2 unspecified atom stereocenters. The Morgan fingerprint density at radius 3 is 2.29 bits per heavy atom. The van der Waals surface area contributed by atoms with Crippen LogP contribution in [0.2, 0.25) is 0 Å². The monoisotopic (exact) mass is 241 g/mol. The van der Waals surface area contributed by atoms with E-state index in [0.29, 0.717) is 18.1 Å². The lowest BCUT2D eigenvalue weighted by Gasteiger charge is -2.43. The molecule has 1 heterocycles. The van der Waals surface area contributed by atoms with E-state index in [9.17, 15) is 0 Å². The SMILES string of the molecule is CC(C)NCC(C(C)C)N1CCN(C)C(C)C1.